The molecule has 0 radical (unpaired) electrons. The van der Waals surface area contributed by atoms with Crippen LogP contribution in [0.2, 0.25) is 0 Å². The third kappa shape index (κ3) is 5.57. The van der Waals surface area contributed by atoms with Crippen molar-refractivity contribution in [3.05, 3.63) is 101 Å². The summed E-state index contributed by atoms with van der Waals surface area (Å²) in [5.41, 5.74) is 3.84. The number of nitrogens with zero attached hydrogens (tertiary/aromatic N) is 2. The lowest BCUT2D eigenvalue weighted by Gasteiger charge is -2.34. The van der Waals surface area contributed by atoms with Crippen LogP contribution in [0.4, 0.5) is 0 Å². The summed E-state index contributed by atoms with van der Waals surface area (Å²) in [6.45, 7) is 5.52. The van der Waals surface area contributed by atoms with Crippen LogP contribution in [0.3, 0.4) is 0 Å². The zero-order valence-corrected chi connectivity index (χ0v) is 20.7. The first-order chi connectivity index (χ1) is 16.3. The van der Waals surface area contributed by atoms with E-state index >= 15 is 0 Å². The molecule has 3 aromatic carbocycles. The van der Waals surface area contributed by atoms with Crippen LogP contribution in [-0.4, -0.2) is 36.6 Å². The topological polar surface area (TPSA) is 57.7 Å². The fraction of sp³-hybridized carbons (Fsp3) is 0.321. The molecule has 1 fully saturated rings. The summed E-state index contributed by atoms with van der Waals surface area (Å²) in [7, 11) is -3.57. The highest BCUT2D eigenvalue weighted by Crippen LogP contribution is 2.28. The van der Waals surface area contributed by atoms with Crippen molar-refractivity contribution in [2.45, 2.75) is 44.7 Å². The number of piperidine rings is 1. The Morgan fingerprint density at radius 2 is 1.38 bits per heavy atom. The van der Waals surface area contributed by atoms with E-state index < -0.39 is 10.0 Å². The Kier molecular flexibility index (Phi) is 7.49. The van der Waals surface area contributed by atoms with E-state index in [1.165, 1.54) is 4.31 Å². The Hall–Kier alpha value is -2.96. The lowest BCUT2D eigenvalue weighted by Crippen LogP contribution is -2.44. The van der Waals surface area contributed by atoms with Crippen LogP contribution >= 0.6 is 0 Å². The molecule has 178 valence electrons. The largest absolute Gasteiger partial charge is 0.334 e. The molecule has 0 aliphatic carbocycles. The lowest BCUT2D eigenvalue weighted by atomic mass is 9.96. The second-order valence-electron chi connectivity index (χ2n) is 9.11. The highest BCUT2D eigenvalue weighted by Gasteiger charge is 2.34. The molecule has 0 aromatic heterocycles. The Bertz CT molecular complexity index is 1180. The number of carbonyl (C=O) groups is 1. The summed E-state index contributed by atoms with van der Waals surface area (Å²) in [6.07, 6.45) is 1.06. The van der Waals surface area contributed by atoms with Crippen LogP contribution in [0.25, 0.3) is 0 Å². The molecule has 6 heteroatoms. The number of hydrogen-bond donors (Lipinski definition) is 0. The van der Waals surface area contributed by atoms with Gasteiger partial charge in [-0.3, -0.25) is 4.79 Å². The van der Waals surface area contributed by atoms with E-state index in [-0.39, 0.29) is 11.8 Å². The maximum atomic E-state index is 13.6. The minimum Gasteiger partial charge on any atom is -0.334 e. The molecule has 3 aromatic rings. The van der Waals surface area contributed by atoms with Crippen molar-refractivity contribution in [2.24, 2.45) is 5.92 Å². The number of sulfonamides is 1. The molecule has 0 atom stereocenters. The number of carbonyl (C=O) groups excluding carboxylic acids is 1. The van der Waals surface area contributed by atoms with Gasteiger partial charge in [-0.05, 0) is 55.0 Å². The monoisotopic (exact) mass is 476 g/mol. The van der Waals surface area contributed by atoms with Crippen molar-refractivity contribution < 1.29 is 13.2 Å². The molecule has 0 spiro atoms. The molecule has 34 heavy (non-hydrogen) atoms. The quantitative estimate of drug-likeness (QED) is 0.486. The molecule has 1 aliphatic heterocycles. The third-order valence-corrected chi connectivity index (χ3v) is 8.55. The first-order valence-corrected chi connectivity index (χ1v) is 13.2. The molecule has 1 heterocycles. The Morgan fingerprint density at radius 3 is 1.91 bits per heavy atom. The van der Waals surface area contributed by atoms with Crippen molar-refractivity contribution in [3.8, 4) is 0 Å². The minimum absolute atomic E-state index is 0.0940. The number of aryl methyl sites for hydroxylation is 2. The first-order valence-electron chi connectivity index (χ1n) is 11.8. The third-order valence-electron chi connectivity index (χ3n) is 6.51. The number of benzene rings is 3. The fourth-order valence-electron chi connectivity index (χ4n) is 4.54. The van der Waals surface area contributed by atoms with E-state index in [1.54, 1.807) is 6.07 Å². The Balaban J connectivity index is 1.47. The zero-order valence-electron chi connectivity index (χ0n) is 19.9. The number of hydrogen-bond acceptors (Lipinski definition) is 3. The van der Waals surface area contributed by atoms with Crippen molar-refractivity contribution in [1.82, 2.24) is 9.21 Å². The van der Waals surface area contributed by atoms with Crippen molar-refractivity contribution in [1.29, 1.82) is 0 Å². The van der Waals surface area contributed by atoms with Gasteiger partial charge in [0, 0.05) is 32.1 Å². The second-order valence-corrected chi connectivity index (χ2v) is 11.0. The van der Waals surface area contributed by atoms with Crippen molar-refractivity contribution in [3.63, 3.8) is 0 Å². The molecule has 5 nitrogen and oxygen atoms in total. The predicted octanol–water partition coefficient (Wildman–Crippen LogP) is 4.93. The maximum absolute atomic E-state index is 13.6. The summed E-state index contributed by atoms with van der Waals surface area (Å²) >= 11 is 0. The van der Waals surface area contributed by atoms with Gasteiger partial charge in [-0.25, -0.2) is 8.42 Å². The summed E-state index contributed by atoms with van der Waals surface area (Å²) in [4.78, 5) is 15.9. The highest BCUT2D eigenvalue weighted by molar-refractivity contribution is 7.89. The SMILES string of the molecule is Cc1ccc(C)c(S(=O)(=O)N2CCC(C(=O)N(Cc3ccccc3)Cc3ccccc3)CC2)c1. The van der Waals surface area contributed by atoms with E-state index in [9.17, 15) is 13.2 Å². The maximum Gasteiger partial charge on any atom is 0.243 e. The zero-order chi connectivity index (χ0) is 24.1. The number of rotatable bonds is 7. The minimum atomic E-state index is -3.57. The van der Waals surface area contributed by atoms with E-state index in [0.717, 1.165) is 22.3 Å². The molecular weight excluding hydrogens is 444 g/mol. The van der Waals surface area contributed by atoms with E-state index in [1.807, 2.05) is 91.5 Å². The Labute approximate surface area is 203 Å². The lowest BCUT2D eigenvalue weighted by molar-refractivity contribution is -0.138. The Morgan fingerprint density at radius 1 is 0.853 bits per heavy atom. The number of amides is 1. The van der Waals surface area contributed by atoms with Gasteiger partial charge in [-0.2, -0.15) is 4.31 Å². The summed E-state index contributed by atoms with van der Waals surface area (Å²) in [5, 5.41) is 0. The van der Waals surface area contributed by atoms with Gasteiger partial charge in [-0.15, -0.1) is 0 Å². The standard InChI is InChI=1S/C28H32N2O3S/c1-22-13-14-23(2)27(19-22)34(32,33)30-17-15-26(16-18-30)28(31)29(20-24-9-5-3-6-10-24)21-25-11-7-4-8-12-25/h3-14,19,26H,15-18,20-21H2,1-2H3. The molecule has 4 rings (SSSR count). The molecule has 0 unspecified atom stereocenters. The summed E-state index contributed by atoms with van der Waals surface area (Å²) < 4.78 is 28.1. The predicted molar refractivity (Wildman–Crippen MR) is 135 cm³/mol. The van der Waals surface area contributed by atoms with Crippen LogP contribution in [0.5, 0.6) is 0 Å². The van der Waals surface area contributed by atoms with Crippen molar-refractivity contribution >= 4 is 15.9 Å². The van der Waals surface area contributed by atoms with E-state index in [0.29, 0.717) is 43.9 Å². The molecule has 1 saturated heterocycles. The van der Waals surface area contributed by atoms with Gasteiger partial charge in [-0.1, -0.05) is 72.8 Å². The molecule has 0 saturated carbocycles. The normalized spacial score (nSPS) is 15.2. The molecule has 0 bridgehead atoms. The summed E-state index contributed by atoms with van der Waals surface area (Å²) in [5.74, 6) is -0.0889. The molecule has 0 N–H and O–H groups in total. The van der Waals surface area contributed by atoms with Crippen LogP contribution in [-0.2, 0) is 27.9 Å². The van der Waals surface area contributed by atoms with Gasteiger partial charge in [0.2, 0.25) is 15.9 Å². The van der Waals surface area contributed by atoms with Crippen LogP contribution in [0, 0.1) is 19.8 Å². The average Bonchev–Trinajstić information content (AvgIpc) is 2.86. The molecular formula is C28H32N2O3S. The van der Waals surface area contributed by atoms with E-state index in [2.05, 4.69) is 0 Å². The van der Waals surface area contributed by atoms with Gasteiger partial charge in [0.1, 0.15) is 0 Å². The van der Waals surface area contributed by atoms with Gasteiger partial charge in [0.15, 0.2) is 0 Å². The van der Waals surface area contributed by atoms with E-state index in [4.69, 9.17) is 0 Å². The molecule has 1 amide bonds. The van der Waals surface area contributed by atoms with Gasteiger partial charge < -0.3 is 4.90 Å². The first kappa shape index (κ1) is 24.2. The smallest absolute Gasteiger partial charge is 0.243 e. The van der Waals surface area contributed by atoms with Crippen LogP contribution in [0.15, 0.2) is 83.8 Å². The van der Waals surface area contributed by atoms with Crippen LogP contribution in [0.1, 0.15) is 35.1 Å². The fourth-order valence-corrected chi connectivity index (χ4v) is 6.32. The van der Waals surface area contributed by atoms with Gasteiger partial charge in [0.05, 0.1) is 4.90 Å². The average molecular weight is 477 g/mol. The molecule has 1 aliphatic rings. The summed E-state index contributed by atoms with van der Waals surface area (Å²) in [6, 6.07) is 25.5. The van der Waals surface area contributed by atoms with Crippen molar-refractivity contribution in [2.75, 3.05) is 13.1 Å². The van der Waals surface area contributed by atoms with Crippen LogP contribution < -0.4 is 0 Å². The highest BCUT2D eigenvalue weighted by atomic mass is 32.2. The van der Waals surface area contributed by atoms with Gasteiger partial charge in [0.25, 0.3) is 0 Å². The second kappa shape index (κ2) is 10.5. The van der Waals surface area contributed by atoms with Gasteiger partial charge >= 0.3 is 0 Å².